The van der Waals surface area contributed by atoms with Crippen molar-refractivity contribution in [3.8, 4) is 0 Å². The van der Waals surface area contributed by atoms with Crippen LogP contribution < -0.4 is 5.32 Å². The van der Waals surface area contributed by atoms with Gasteiger partial charge in [0.05, 0.1) is 12.4 Å². The van der Waals surface area contributed by atoms with Crippen molar-refractivity contribution in [3.05, 3.63) is 40.4 Å². The summed E-state index contributed by atoms with van der Waals surface area (Å²) in [5, 5.41) is 4.39. The molecule has 0 fully saturated rings. The average Bonchev–Trinajstić information content (AvgIpc) is 2.22. The van der Waals surface area contributed by atoms with E-state index in [2.05, 4.69) is 15.3 Å². The van der Waals surface area contributed by atoms with Crippen LogP contribution in [0.2, 0.25) is 5.15 Å². The molecule has 1 N–H and O–H groups in total. The minimum Gasteiger partial charge on any atom is -0.342 e. The number of nitrogens with zero attached hydrogens (tertiary/aromatic N) is 2. The number of aromatic nitrogens is 2. The Kier molecular flexibility index (Phi) is 3.23. The molecule has 1 aromatic heterocycles. The molecular formula is C10H9Cl2N3. The maximum atomic E-state index is 5.85. The Hall–Kier alpha value is -1.06. The normalized spacial score (nSPS) is 15.6. The number of hydrogen-bond acceptors (Lipinski definition) is 3. The topological polar surface area (TPSA) is 37.8 Å². The van der Waals surface area contributed by atoms with Gasteiger partial charge in [-0.2, -0.15) is 0 Å². The van der Waals surface area contributed by atoms with E-state index in [-0.39, 0.29) is 0 Å². The van der Waals surface area contributed by atoms with Crippen LogP contribution in [0.3, 0.4) is 0 Å². The van der Waals surface area contributed by atoms with Gasteiger partial charge in [-0.1, -0.05) is 23.2 Å². The van der Waals surface area contributed by atoms with E-state index in [1.54, 1.807) is 6.20 Å². The molecule has 78 valence electrons. The number of halogens is 2. The molecule has 0 aliphatic heterocycles. The van der Waals surface area contributed by atoms with Crippen molar-refractivity contribution in [2.75, 3.05) is 5.32 Å². The molecule has 0 atom stereocenters. The lowest BCUT2D eigenvalue weighted by Gasteiger charge is -2.12. The highest BCUT2D eigenvalue weighted by Gasteiger charge is 2.05. The summed E-state index contributed by atoms with van der Waals surface area (Å²) in [6.07, 6.45) is 8.68. The van der Waals surface area contributed by atoms with Gasteiger partial charge in [-0.3, -0.25) is 4.98 Å². The quantitative estimate of drug-likeness (QED) is 0.864. The third-order valence-corrected chi connectivity index (χ3v) is 2.49. The first kappa shape index (κ1) is 10.5. The van der Waals surface area contributed by atoms with Crippen LogP contribution in [-0.4, -0.2) is 9.97 Å². The van der Waals surface area contributed by atoms with Gasteiger partial charge < -0.3 is 5.32 Å². The lowest BCUT2D eigenvalue weighted by atomic mass is 10.1. The SMILES string of the molecule is ClC1=CC=C(Nc2cncc(Cl)n2)CC1. The predicted octanol–water partition coefficient (Wildman–Crippen LogP) is 3.34. The monoisotopic (exact) mass is 241 g/mol. The van der Waals surface area contributed by atoms with Crippen molar-refractivity contribution in [1.82, 2.24) is 9.97 Å². The summed E-state index contributed by atoms with van der Waals surface area (Å²) in [5.74, 6) is 0.653. The van der Waals surface area contributed by atoms with Crippen molar-refractivity contribution in [3.63, 3.8) is 0 Å². The number of anilines is 1. The molecule has 0 aromatic carbocycles. The molecule has 3 nitrogen and oxygen atoms in total. The highest BCUT2D eigenvalue weighted by Crippen LogP contribution is 2.21. The molecule has 1 aliphatic carbocycles. The number of rotatable bonds is 2. The smallest absolute Gasteiger partial charge is 0.150 e. The van der Waals surface area contributed by atoms with E-state index in [1.165, 1.54) is 6.20 Å². The van der Waals surface area contributed by atoms with Crippen molar-refractivity contribution in [2.24, 2.45) is 0 Å². The van der Waals surface area contributed by atoms with E-state index in [4.69, 9.17) is 23.2 Å². The predicted molar refractivity (Wildman–Crippen MR) is 61.9 cm³/mol. The fourth-order valence-electron chi connectivity index (χ4n) is 1.28. The fourth-order valence-corrected chi connectivity index (χ4v) is 1.59. The van der Waals surface area contributed by atoms with Crippen molar-refractivity contribution < 1.29 is 0 Å². The zero-order valence-electron chi connectivity index (χ0n) is 7.87. The third kappa shape index (κ3) is 2.94. The van der Waals surface area contributed by atoms with Gasteiger partial charge in [-0.05, 0) is 25.0 Å². The summed E-state index contributed by atoms with van der Waals surface area (Å²) in [4.78, 5) is 8.02. The van der Waals surface area contributed by atoms with Crippen molar-refractivity contribution in [1.29, 1.82) is 0 Å². The van der Waals surface area contributed by atoms with Crippen molar-refractivity contribution >= 4 is 29.0 Å². The van der Waals surface area contributed by atoms with Crippen LogP contribution in [0.25, 0.3) is 0 Å². The summed E-state index contributed by atoms with van der Waals surface area (Å²) in [5.41, 5.74) is 1.07. The van der Waals surface area contributed by atoms with Gasteiger partial charge in [-0.15, -0.1) is 0 Å². The standard InChI is InChI=1S/C10H9Cl2N3/c11-7-1-3-8(4-2-7)14-10-6-13-5-9(12)15-10/h1,3,5-6H,2,4H2,(H,14,15). The molecule has 1 heterocycles. The molecule has 0 bridgehead atoms. The van der Waals surface area contributed by atoms with E-state index in [0.29, 0.717) is 11.0 Å². The van der Waals surface area contributed by atoms with Gasteiger partial charge in [0.1, 0.15) is 11.0 Å². The molecule has 0 saturated heterocycles. The van der Waals surface area contributed by atoms with Crippen LogP contribution in [0.4, 0.5) is 5.82 Å². The zero-order valence-corrected chi connectivity index (χ0v) is 9.39. The van der Waals surface area contributed by atoms with Gasteiger partial charge in [0.2, 0.25) is 0 Å². The third-order valence-electron chi connectivity index (χ3n) is 1.99. The Morgan fingerprint density at radius 2 is 2.00 bits per heavy atom. The lowest BCUT2D eigenvalue weighted by molar-refractivity contribution is 0.946. The van der Waals surface area contributed by atoms with E-state index in [0.717, 1.165) is 23.6 Å². The molecule has 0 unspecified atom stereocenters. The highest BCUT2D eigenvalue weighted by atomic mass is 35.5. The zero-order chi connectivity index (χ0) is 10.7. The second kappa shape index (κ2) is 4.64. The molecule has 1 aromatic rings. The van der Waals surface area contributed by atoms with Gasteiger partial charge in [0.15, 0.2) is 0 Å². The van der Waals surface area contributed by atoms with Crippen LogP contribution in [0, 0.1) is 0 Å². The second-order valence-corrected chi connectivity index (χ2v) is 4.03. The molecular weight excluding hydrogens is 233 g/mol. The summed E-state index contributed by atoms with van der Waals surface area (Å²) in [6.45, 7) is 0. The second-order valence-electron chi connectivity index (χ2n) is 3.16. The number of allylic oxidation sites excluding steroid dienone is 4. The Bertz CT molecular complexity index is 426. The number of nitrogens with one attached hydrogen (secondary N) is 1. The maximum absolute atomic E-state index is 5.85. The summed E-state index contributed by atoms with van der Waals surface area (Å²) in [7, 11) is 0. The summed E-state index contributed by atoms with van der Waals surface area (Å²) >= 11 is 11.6. The van der Waals surface area contributed by atoms with Crippen LogP contribution in [0.5, 0.6) is 0 Å². The first-order valence-corrected chi connectivity index (χ1v) is 5.29. The molecule has 5 heteroatoms. The van der Waals surface area contributed by atoms with Crippen LogP contribution >= 0.6 is 23.2 Å². The van der Waals surface area contributed by atoms with Crippen LogP contribution in [-0.2, 0) is 0 Å². The molecule has 2 rings (SSSR count). The first-order chi connectivity index (χ1) is 7.24. The Labute approximate surface area is 97.8 Å². The van der Waals surface area contributed by atoms with Gasteiger partial charge in [-0.25, -0.2) is 4.98 Å². The van der Waals surface area contributed by atoms with E-state index in [9.17, 15) is 0 Å². The molecule has 15 heavy (non-hydrogen) atoms. The van der Waals surface area contributed by atoms with Gasteiger partial charge in [0, 0.05) is 10.7 Å². The molecule has 1 aliphatic rings. The lowest BCUT2D eigenvalue weighted by Crippen LogP contribution is -2.04. The minimum atomic E-state index is 0.380. The molecule has 0 saturated carbocycles. The first-order valence-electron chi connectivity index (χ1n) is 4.54. The molecule has 0 radical (unpaired) electrons. The number of hydrogen-bond donors (Lipinski definition) is 1. The van der Waals surface area contributed by atoms with E-state index < -0.39 is 0 Å². The van der Waals surface area contributed by atoms with Crippen molar-refractivity contribution in [2.45, 2.75) is 12.8 Å². The van der Waals surface area contributed by atoms with E-state index >= 15 is 0 Å². The Morgan fingerprint density at radius 1 is 1.13 bits per heavy atom. The highest BCUT2D eigenvalue weighted by molar-refractivity contribution is 6.29. The largest absolute Gasteiger partial charge is 0.342 e. The van der Waals surface area contributed by atoms with Gasteiger partial charge >= 0.3 is 0 Å². The summed E-state index contributed by atoms with van der Waals surface area (Å²) in [6, 6.07) is 0. The Balaban J connectivity index is 2.10. The molecule has 0 spiro atoms. The van der Waals surface area contributed by atoms with Crippen LogP contribution in [0.15, 0.2) is 35.3 Å². The maximum Gasteiger partial charge on any atom is 0.150 e. The Morgan fingerprint density at radius 3 is 2.67 bits per heavy atom. The van der Waals surface area contributed by atoms with E-state index in [1.807, 2.05) is 12.2 Å². The molecule has 0 amide bonds. The van der Waals surface area contributed by atoms with Crippen LogP contribution in [0.1, 0.15) is 12.8 Å². The average molecular weight is 242 g/mol. The minimum absolute atomic E-state index is 0.380. The fraction of sp³-hybridized carbons (Fsp3) is 0.200. The van der Waals surface area contributed by atoms with Gasteiger partial charge in [0.25, 0.3) is 0 Å². The summed E-state index contributed by atoms with van der Waals surface area (Å²) < 4.78 is 0.